The first-order chi connectivity index (χ1) is 12.7. The average molecular weight is 350 g/mol. The first-order valence-electron chi connectivity index (χ1n) is 9.12. The van der Waals surface area contributed by atoms with Crippen LogP contribution >= 0.6 is 0 Å². The maximum absolute atomic E-state index is 12.4. The maximum Gasteiger partial charge on any atom is 0.260 e. The zero-order valence-corrected chi connectivity index (χ0v) is 15.3. The molecule has 1 aliphatic heterocycles. The highest BCUT2D eigenvalue weighted by Gasteiger charge is 2.20. The lowest BCUT2D eigenvalue weighted by Gasteiger charge is -2.34. The molecule has 0 radical (unpaired) electrons. The predicted octanol–water partition coefficient (Wildman–Crippen LogP) is 3.23. The Balaban J connectivity index is 1.39. The molecule has 1 heterocycles. The minimum atomic E-state index is 0.0627. The van der Waals surface area contributed by atoms with E-state index >= 15 is 0 Å². The van der Waals surface area contributed by atoms with Gasteiger partial charge in [0.2, 0.25) is 0 Å². The van der Waals surface area contributed by atoms with Crippen molar-refractivity contribution in [1.82, 2.24) is 9.80 Å². The molecule has 0 spiro atoms. The van der Waals surface area contributed by atoms with Gasteiger partial charge in [-0.1, -0.05) is 60.7 Å². The van der Waals surface area contributed by atoms with Crippen LogP contribution in [0.4, 0.5) is 0 Å². The van der Waals surface area contributed by atoms with Crippen LogP contribution in [0.2, 0.25) is 0 Å². The van der Waals surface area contributed by atoms with E-state index in [1.54, 1.807) is 0 Å². The van der Waals surface area contributed by atoms with Crippen molar-refractivity contribution in [2.24, 2.45) is 0 Å². The lowest BCUT2D eigenvalue weighted by atomic mass is 10.2. The van der Waals surface area contributed by atoms with Gasteiger partial charge in [0.1, 0.15) is 5.75 Å². The minimum Gasteiger partial charge on any atom is -0.484 e. The summed E-state index contributed by atoms with van der Waals surface area (Å²) in [6, 6.07) is 18.1. The summed E-state index contributed by atoms with van der Waals surface area (Å²) in [6.45, 7) is 6.33. The largest absolute Gasteiger partial charge is 0.484 e. The molecule has 0 bridgehead atoms. The summed E-state index contributed by atoms with van der Waals surface area (Å²) in [7, 11) is 0. The predicted molar refractivity (Wildman–Crippen MR) is 105 cm³/mol. The topological polar surface area (TPSA) is 32.8 Å². The summed E-state index contributed by atoms with van der Waals surface area (Å²) in [4.78, 5) is 16.6. The molecule has 1 fully saturated rings. The van der Waals surface area contributed by atoms with Crippen molar-refractivity contribution < 1.29 is 9.53 Å². The van der Waals surface area contributed by atoms with Crippen LogP contribution in [0.25, 0.3) is 6.08 Å². The summed E-state index contributed by atoms with van der Waals surface area (Å²) in [5.41, 5.74) is 2.27. The first-order valence-corrected chi connectivity index (χ1v) is 9.12. The van der Waals surface area contributed by atoms with Crippen molar-refractivity contribution in [3.05, 3.63) is 71.8 Å². The average Bonchev–Trinajstić information content (AvgIpc) is 2.68. The van der Waals surface area contributed by atoms with E-state index in [0.717, 1.165) is 44.0 Å². The van der Waals surface area contributed by atoms with Gasteiger partial charge in [-0.05, 0) is 24.1 Å². The standard InChI is InChI=1S/C22H26N2O2/c1-19-8-5-6-12-21(19)26-18-22(25)24-16-14-23(15-17-24)13-7-11-20-9-3-2-4-10-20/h2-12H,13-18H2,1H3/b11-7+. The fourth-order valence-electron chi connectivity index (χ4n) is 3.03. The smallest absolute Gasteiger partial charge is 0.260 e. The number of carbonyl (C=O) groups is 1. The van der Waals surface area contributed by atoms with Gasteiger partial charge in [0.05, 0.1) is 0 Å². The number of ether oxygens (including phenoxy) is 1. The van der Waals surface area contributed by atoms with Crippen LogP contribution in [-0.2, 0) is 4.79 Å². The molecular formula is C22H26N2O2. The second-order valence-electron chi connectivity index (χ2n) is 6.55. The van der Waals surface area contributed by atoms with E-state index in [0.29, 0.717) is 0 Å². The van der Waals surface area contributed by atoms with Crippen LogP contribution in [0.1, 0.15) is 11.1 Å². The third-order valence-electron chi connectivity index (χ3n) is 4.64. The molecule has 1 amide bonds. The Morgan fingerprint density at radius 1 is 1.00 bits per heavy atom. The molecule has 0 N–H and O–H groups in total. The van der Waals surface area contributed by atoms with Gasteiger partial charge in [-0.3, -0.25) is 9.69 Å². The van der Waals surface area contributed by atoms with E-state index in [4.69, 9.17) is 4.74 Å². The van der Waals surface area contributed by atoms with Crippen molar-refractivity contribution >= 4 is 12.0 Å². The van der Waals surface area contributed by atoms with E-state index in [1.807, 2.05) is 54.3 Å². The quantitative estimate of drug-likeness (QED) is 0.802. The highest BCUT2D eigenvalue weighted by Crippen LogP contribution is 2.16. The molecule has 1 aliphatic rings. The lowest BCUT2D eigenvalue weighted by molar-refractivity contribution is -0.135. The van der Waals surface area contributed by atoms with Gasteiger partial charge in [-0.25, -0.2) is 0 Å². The highest BCUT2D eigenvalue weighted by atomic mass is 16.5. The molecule has 1 saturated heterocycles. The maximum atomic E-state index is 12.4. The van der Waals surface area contributed by atoms with Crippen LogP contribution < -0.4 is 4.74 Å². The Bertz CT molecular complexity index is 735. The lowest BCUT2D eigenvalue weighted by Crippen LogP contribution is -2.49. The summed E-state index contributed by atoms with van der Waals surface area (Å²) in [6.07, 6.45) is 4.33. The highest BCUT2D eigenvalue weighted by molar-refractivity contribution is 5.78. The number of aryl methyl sites for hydroxylation is 1. The molecule has 136 valence electrons. The monoisotopic (exact) mass is 350 g/mol. The summed E-state index contributed by atoms with van der Waals surface area (Å²) in [5, 5.41) is 0. The number of carbonyl (C=O) groups excluding carboxylic acids is 1. The summed E-state index contributed by atoms with van der Waals surface area (Å²) >= 11 is 0. The van der Waals surface area contributed by atoms with Crippen molar-refractivity contribution in [2.75, 3.05) is 39.3 Å². The van der Waals surface area contributed by atoms with Crippen LogP contribution in [0.3, 0.4) is 0 Å². The van der Waals surface area contributed by atoms with Crippen molar-refractivity contribution in [3.8, 4) is 5.75 Å². The van der Waals surface area contributed by atoms with Crippen molar-refractivity contribution in [2.45, 2.75) is 6.92 Å². The molecule has 0 saturated carbocycles. The number of piperazine rings is 1. The van der Waals surface area contributed by atoms with Crippen LogP contribution in [0.15, 0.2) is 60.7 Å². The van der Waals surface area contributed by atoms with Crippen LogP contribution in [0, 0.1) is 6.92 Å². The number of hydrogen-bond acceptors (Lipinski definition) is 3. The zero-order chi connectivity index (χ0) is 18.2. The molecule has 3 rings (SSSR count). The van der Waals surface area contributed by atoms with Gasteiger partial charge in [0.25, 0.3) is 5.91 Å². The molecule has 4 heteroatoms. The van der Waals surface area contributed by atoms with E-state index in [9.17, 15) is 4.79 Å². The number of rotatable bonds is 6. The van der Waals surface area contributed by atoms with Crippen molar-refractivity contribution in [3.63, 3.8) is 0 Å². The molecule has 26 heavy (non-hydrogen) atoms. The van der Waals surface area contributed by atoms with Gasteiger partial charge in [-0.2, -0.15) is 0 Å². The SMILES string of the molecule is Cc1ccccc1OCC(=O)N1CCN(C/C=C/c2ccccc2)CC1. The van der Waals surface area contributed by atoms with Crippen LogP contribution in [0.5, 0.6) is 5.75 Å². The summed E-state index contributed by atoms with van der Waals surface area (Å²) in [5.74, 6) is 0.846. The molecule has 2 aromatic rings. The summed E-state index contributed by atoms with van der Waals surface area (Å²) < 4.78 is 5.68. The normalized spacial score (nSPS) is 15.3. The Hall–Kier alpha value is -2.59. The molecule has 2 aromatic carbocycles. The third-order valence-corrected chi connectivity index (χ3v) is 4.64. The van der Waals surface area contributed by atoms with E-state index < -0.39 is 0 Å². The zero-order valence-electron chi connectivity index (χ0n) is 15.3. The van der Waals surface area contributed by atoms with Gasteiger partial charge in [-0.15, -0.1) is 0 Å². The van der Waals surface area contributed by atoms with Crippen molar-refractivity contribution in [1.29, 1.82) is 0 Å². The second kappa shape index (κ2) is 9.20. The molecule has 0 aliphatic carbocycles. The van der Waals surface area contributed by atoms with E-state index in [1.165, 1.54) is 5.56 Å². The third kappa shape index (κ3) is 5.20. The van der Waals surface area contributed by atoms with E-state index in [2.05, 4.69) is 29.2 Å². The van der Waals surface area contributed by atoms with E-state index in [-0.39, 0.29) is 12.5 Å². The van der Waals surface area contributed by atoms with Gasteiger partial charge in [0.15, 0.2) is 6.61 Å². The Kier molecular flexibility index (Phi) is 6.45. The molecule has 4 nitrogen and oxygen atoms in total. The fourth-order valence-corrected chi connectivity index (χ4v) is 3.03. The van der Waals surface area contributed by atoms with Gasteiger partial charge < -0.3 is 9.64 Å². The van der Waals surface area contributed by atoms with Crippen LogP contribution in [-0.4, -0.2) is 55.0 Å². The number of benzene rings is 2. The number of para-hydroxylation sites is 1. The molecule has 0 atom stereocenters. The Morgan fingerprint density at radius 2 is 1.69 bits per heavy atom. The molecular weight excluding hydrogens is 324 g/mol. The fraction of sp³-hybridized carbons (Fsp3) is 0.318. The number of nitrogens with zero attached hydrogens (tertiary/aromatic N) is 2. The molecule has 0 unspecified atom stereocenters. The minimum absolute atomic E-state index is 0.0627. The Morgan fingerprint density at radius 3 is 2.42 bits per heavy atom. The van der Waals surface area contributed by atoms with Gasteiger partial charge in [0, 0.05) is 32.7 Å². The van der Waals surface area contributed by atoms with Gasteiger partial charge >= 0.3 is 0 Å². The molecule has 0 aromatic heterocycles. The number of amides is 1. The second-order valence-corrected chi connectivity index (χ2v) is 6.55. The Labute approximate surface area is 155 Å². The first kappa shape index (κ1) is 18.2. The number of hydrogen-bond donors (Lipinski definition) is 0.